The third-order valence-electron chi connectivity index (χ3n) is 2.58. The fraction of sp³-hybridized carbons (Fsp3) is 0.167. The second-order valence-corrected chi connectivity index (χ2v) is 3.96. The summed E-state index contributed by atoms with van der Waals surface area (Å²) in [6.07, 6.45) is 5.24. The van der Waals surface area contributed by atoms with Crippen LogP contribution in [0.5, 0.6) is 0 Å². The summed E-state index contributed by atoms with van der Waals surface area (Å²) < 4.78 is 1.49. The van der Waals surface area contributed by atoms with E-state index in [0.717, 1.165) is 5.69 Å². The fourth-order valence-corrected chi connectivity index (χ4v) is 1.68. The van der Waals surface area contributed by atoms with Gasteiger partial charge in [0.05, 0.1) is 6.42 Å². The third-order valence-corrected chi connectivity index (χ3v) is 2.58. The van der Waals surface area contributed by atoms with E-state index in [4.69, 9.17) is 0 Å². The molecule has 0 aliphatic heterocycles. The minimum Gasteiger partial charge on any atom is -0.357 e. The van der Waals surface area contributed by atoms with Crippen LogP contribution >= 0.6 is 0 Å². The number of pyridine rings is 1. The first-order valence-corrected chi connectivity index (χ1v) is 6.03. The van der Waals surface area contributed by atoms with Crippen LogP contribution in [0, 0.1) is 0 Å². The molecule has 0 spiro atoms. The maximum atomic E-state index is 4.38. The smallest absolute Gasteiger partial charge is 0.257 e. The molecule has 0 unspecified atom stereocenters. The molecular weight excluding hydrogens is 256 g/mol. The van der Waals surface area contributed by atoms with E-state index >= 15 is 0 Å². The maximum absolute atomic E-state index is 4.38. The summed E-state index contributed by atoms with van der Waals surface area (Å²) >= 11 is 0. The van der Waals surface area contributed by atoms with Crippen LogP contribution in [0.4, 0.5) is 5.95 Å². The molecule has 0 aromatic carbocycles. The normalized spacial score (nSPS) is 10.4. The minimum atomic E-state index is 0.424. The molecule has 8 nitrogen and oxygen atoms in total. The zero-order chi connectivity index (χ0) is 13.8. The molecule has 0 radical (unpaired) electrons. The number of rotatable bonds is 4. The van der Waals surface area contributed by atoms with Gasteiger partial charge in [0.1, 0.15) is 18.5 Å². The lowest BCUT2D eigenvalue weighted by Crippen LogP contribution is -2.10. The first-order valence-electron chi connectivity index (χ1n) is 6.03. The maximum Gasteiger partial charge on any atom is 0.257 e. The highest BCUT2D eigenvalue weighted by Gasteiger charge is 2.09. The van der Waals surface area contributed by atoms with Crippen LogP contribution in [-0.4, -0.2) is 41.7 Å². The monoisotopic (exact) mass is 268 g/mol. The molecule has 0 saturated heterocycles. The van der Waals surface area contributed by atoms with Gasteiger partial charge in [-0.1, -0.05) is 6.07 Å². The lowest BCUT2D eigenvalue weighted by molar-refractivity contribution is 0.771. The van der Waals surface area contributed by atoms with E-state index in [0.29, 0.717) is 24.1 Å². The Morgan fingerprint density at radius 3 is 2.85 bits per heavy atom. The summed E-state index contributed by atoms with van der Waals surface area (Å²) in [5.41, 5.74) is 0.894. The van der Waals surface area contributed by atoms with E-state index in [-0.39, 0.29) is 0 Å². The Morgan fingerprint density at radius 2 is 2.15 bits per heavy atom. The van der Waals surface area contributed by atoms with Gasteiger partial charge in [0, 0.05) is 18.9 Å². The minimum absolute atomic E-state index is 0.424. The number of nitrogens with zero attached hydrogens (tertiary/aromatic N) is 7. The Kier molecular flexibility index (Phi) is 3.27. The van der Waals surface area contributed by atoms with Crippen molar-refractivity contribution in [2.45, 2.75) is 6.42 Å². The standard InChI is InChI=1S/C12H12N8/c1-13-11-17-10(6-9-4-2-3-5-15-9)18-12(19-11)20-8-14-7-16-20/h2-5,7-8H,6H2,1H3,(H,13,17,18,19). The zero-order valence-corrected chi connectivity index (χ0v) is 10.8. The lowest BCUT2D eigenvalue weighted by atomic mass is 10.2. The van der Waals surface area contributed by atoms with Crippen LogP contribution < -0.4 is 5.32 Å². The van der Waals surface area contributed by atoms with Gasteiger partial charge in [-0.2, -0.15) is 24.7 Å². The molecule has 0 atom stereocenters. The van der Waals surface area contributed by atoms with Crippen LogP contribution in [0.2, 0.25) is 0 Å². The van der Waals surface area contributed by atoms with Gasteiger partial charge in [-0.15, -0.1) is 0 Å². The van der Waals surface area contributed by atoms with Crippen molar-refractivity contribution in [3.63, 3.8) is 0 Å². The average Bonchev–Trinajstić information content (AvgIpc) is 3.02. The van der Waals surface area contributed by atoms with Crippen molar-refractivity contribution >= 4 is 5.95 Å². The van der Waals surface area contributed by atoms with E-state index in [1.54, 1.807) is 19.6 Å². The van der Waals surface area contributed by atoms with Crippen molar-refractivity contribution in [1.29, 1.82) is 0 Å². The molecule has 3 heterocycles. The molecule has 3 aromatic rings. The van der Waals surface area contributed by atoms with Gasteiger partial charge in [0.25, 0.3) is 5.95 Å². The quantitative estimate of drug-likeness (QED) is 0.735. The number of hydrogen-bond acceptors (Lipinski definition) is 7. The lowest BCUT2D eigenvalue weighted by Gasteiger charge is -2.06. The molecule has 0 aliphatic carbocycles. The molecule has 100 valence electrons. The van der Waals surface area contributed by atoms with Crippen LogP contribution in [0.1, 0.15) is 11.5 Å². The molecule has 3 rings (SSSR count). The van der Waals surface area contributed by atoms with Gasteiger partial charge >= 0.3 is 0 Å². The molecule has 0 aliphatic rings. The first-order chi connectivity index (χ1) is 9.85. The molecule has 0 fully saturated rings. The Morgan fingerprint density at radius 1 is 1.20 bits per heavy atom. The van der Waals surface area contributed by atoms with E-state index in [9.17, 15) is 0 Å². The molecule has 20 heavy (non-hydrogen) atoms. The van der Waals surface area contributed by atoms with Crippen LogP contribution in [0.3, 0.4) is 0 Å². The van der Waals surface area contributed by atoms with Crippen molar-refractivity contribution in [1.82, 2.24) is 34.7 Å². The van der Waals surface area contributed by atoms with Gasteiger partial charge in [-0.05, 0) is 12.1 Å². The van der Waals surface area contributed by atoms with Crippen molar-refractivity contribution in [3.05, 3.63) is 48.6 Å². The van der Waals surface area contributed by atoms with E-state index < -0.39 is 0 Å². The van der Waals surface area contributed by atoms with Gasteiger partial charge < -0.3 is 5.32 Å². The van der Waals surface area contributed by atoms with E-state index in [1.807, 2.05) is 18.2 Å². The molecule has 0 saturated carbocycles. The van der Waals surface area contributed by atoms with Crippen molar-refractivity contribution < 1.29 is 0 Å². The molecule has 8 heteroatoms. The average molecular weight is 268 g/mol. The molecule has 3 aromatic heterocycles. The second kappa shape index (κ2) is 5.39. The molecular formula is C12H12N8. The van der Waals surface area contributed by atoms with Gasteiger partial charge in [0.15, 0.2) is 0 Å². The summed E-state index contributed by atoms with van der Waals surface area (Å²) in [5.74, 6) is 1.53. The largest absolute Gasteiger partial charge is 0.357 e. The summed E-state index contributed by atoms with van der Waals surface area (Å²) in [6, 6.07) is 5.73. The zero-order valence-electron chi connectivity index (χ0n) is 10.8. The Balaban J connectivity index is 1.96. The highest BCUT2D eigenvalue weighted by atomic mass is 15.4. The van der Waals surface area contributed by atoms with Gasteiger partial charge in [-0.25, -0.2) is 4.98 Å². The predicted molar refractivity (Wildman–Crippen MR) is 71.3 cm³/mol. The number of aromatic nitrogens is 7. The van der Waals surface area contributed by atoms with Crippen molar-refractivity contribution in [2.75, 3.05) is 12.4 Å². The summed E-state index contributed by atoms with van der Waals surface area (Å²) in [6.45, 7) is 0. The molecule has 0 amide bonds. The van der Waals surface area contributed by atoms with E-state index in [2.05, 4.69) is 35.3 Å². The molecule has 0 bridgehead atoms. The van der Waals surface area contributed by atoms with Crippen molar-refractivity contribution in [2.24, 2.45) is 0 Å². The topological polar surface area (TPSA) is 94.3 Å². The second-order valence-electron chi connectivity index (χ2n) is 3.96. The summed E-state index contributed by atoms with van der Waals surface area (Å²) in [7, 11) is 1.75. The fourth-order valence-electron chi connectivity index (χ4n) is 1.68. The van der Waals surface area contributed by atoms with Crippen molar-refractivity contribution in [3.8, 4) is 5.95 Å². The van der Waals surface area contributed by atoms with Gasteiger partial charge in [0.2, 0.25) is 5.95 Å². The van der Waals surface area contributed by atoms with E-state index in [1.165, 1.54) is 11.0 Å². The Bertz CT molecular complexity index is 680. The van der Waals surface area contributed by atoms with Crippen LogP contribution in [-0.2, 0) is 6.42 Å². The number of hydrogen-bond donors (Lipinski definition) is 1. The Hall–Kier alpha value is -2.90. The van der Waals surface area contributed by atoms with Crippen LogP contribution in [0.15, 0.2) is 37.1 Å². The summed E-state index contributed by atoms with van der Waals surface area (Å²) in [4.78, 5) is 21.1. The first kappa shape index (κ1) is 12.2. The number of anilines is 1. The van der Waals surface area contributed by atoms with Crippen LogP contribution in [0.25, 0.3) is 5.95 Å². The predicted octanol–water partition coefficient (Wildman–Crippen LogP) is 0.480. The van der Waals surface area contributed by atoms with Gasteiger partial charge in [-0.3, -0.25) is 4.98 Å². The molecule has 1 N–H and O–H groups in total. The SMILES string of the molecule is CNc1nc(Cc2ccccn2)nc(-n2cncn2)n1. The third kappa shape index (κ3) is 2.58. The highest BCUT2D eigenvalue weighted by molar-refractivity contribution is 5.28. The Labute approximate surface area is 115 Å². The summed E-state index contributed by atoms with van der Waals surface area (Å²) in [5, 5.41) is 6.93. The number of nitrogens with one attached hydrogen (secondary N) is 1. The highest BCUT2D eigenvalue weighted by Crippen LogP contribution is 2.07.